The Morgan fingerprint density at radius 1 is 1.50 bits per heavy atom. The second kappa shape index (κ2) is 5.63. The molecule has 0 spiro atoms. The molecule has 0 radical (unpaired) electrons. The van der Waals surface area contributed by atoms with Crippen molar-refractivity contribution in [1.82, 2.24) is 14.8 Å². The molecule has 2 rings (SSSR count). The van der Waals surface area contributed by atoms with Crippen LogP contribution in [0.15, 0.2) is 28.4 Å². The van der Waals surface area contributed by atoms with Crippen LogP contribution in [-0.2, 0) is 6.54 Å². The van der Waals surface area contributed by atoms with E-state index in [0.717, 1.165) is 28.7 Å². The molecule has 2 aromatic rings. The van der Waals surface area contributed by atoms with Gasteiger partial charge in [-0.2, -0.15) is 5.10 Å². The van der Waals surface area contributed by atoms with Gasteiger partial charge in [0.25, 0.3) is 0 Å². The summed E-state index contributed by atoms with van der Waals surface area (Å²) in [6, 6.07) is 3.63. The van der Waals surface area contributed by atoms with E-state index >= 15 is 0 Å². The Balaban J connectivity index is 2.36. The predicted molar refractivity (Wildman–Crippen MR) is 75.0 cm³/mol. The van der Waals surface area contributed by atoms with Gasteiger partial charge in [0.15, 0.2) is 0 Å². The first-order valence-electron chi connectivity index (χ1n) is 5.74. The first-order chi connectivity index (χ1) is 8.63. The van der Waals surface area contributed by atoms with E-state index in [1.165, 1.54) is 11.8 Å². The normalized spacial score (nSPS) is 10.8. The van der Waals surface area contributed by atoms with E-state index in [1.807, 2.05) is 23.7 Å². The van der Waals surface area contributed by atoms with Crippen LogP contribution in [0.25, 0.3) is 0 Å². The highest BCUT2D eigenvalue weighted by molar-refractivity contribution is 7.99. The van der Waals surface area contributed by atoms with Gasteiger partial charge in [-0.05, 0) is 37.2 Å². The zero-order valence-corrected chi connectivity index (χ0v) is 11.9. The quantitative estimate of drug-likeness (QED) is 0.934. The molecular formula is C12H15ClN4S. The molecule has 6 heteroatoms. The summed E-state index contributed by atoms with van der Waals surface area (Å²) in [5.74, 6) is 0. The van der Waals surface area contributed by atoms with Crippen molar-refractivity contribution < 1.29 is 0 Å². The molecule has 2 aromatic heterocycles. The summed E-state index contributed by atoms with van der Waals surface area (Å²) >= 11 is 7.57. The van der Waals surface area contributed by atoms with Gasteiger partial charge in [0.05, 0.1) is 16.4 Å². The Labute approximate surface area is 116 Å². The van der Waals surface area contributed by atoms with Crippen molar-refractivity contribution in [3.63, 3.8) is 0 Å². The lowest BCUT2D eigenvalue weighted by molar-refractivity contribution is 0.556. The molecule has 0 aliphatic carbocycles. The third kappa shape index (κ3) is 2.62. The lowest BCUT2D eigenvalue weighted by Crippen LogP contribution is -2.01. The van der Waals surface area contributed by atoms with E-state index < -0.39 is 0 Å². The van der Waals surface area contributed by atoms with E-state index in [9.17, 15) is 0 Å². The molecule has 0 saturated heterocycles. The molecule has 0 fully saturated rings. The topological polar surface area (TPSA) is 56.7 Å². The Hall–Kier alpha value is -1.20. The summed E-state index contributed by atoms with van der Waals surface area (Å²) < 4.78 is 1.92. The Bertz CT molecular complexity index is 553. The van der Waals surface area contributed by atoms with Crippen LogP contribution in [0.1, 0.15) is 19.0 Å². The second-order valence-corrected chi connectivity index (χ2v) is 5.30. The van der Waals surface area contributed by atoms with Gasteiger partial charge in [-0.15, -0.1) is 0 Å². The number of anilines is 1. The fourth-order valence-corrected chi connectivity index (χ4v) is 2.78. The van der Waals surface area contributed by atoms with Gasteiger partial charge in [0.2, 0.25) is 0 Å². The van der Waals surface area contributed by atoms with Gasteiger partial charge < -0.3 is 5.73 Å². The van der Waals surface area contributed by atoms with E-state index in [2.05, 4.69) is 17.0 Å². The average molecular weight is 283 g/mol. The summed E-state index contributed by atoms with van der Waals surface area (Å²) in [6.45, 7) is 4.85. The van der Waals surface area contributed by atoms with Crippen LogP contribution in [0, 0.1) is 6.92 Å². The molecule has 2 N–H and O–H groups in total. The highest BCUT2D eigenvalue weighted by atomic mass is 35.5. The molecule has 0 aromatic carbocycles. The average Bonchev–Trinajstić information content (AvgIpc) is 2.60. The first kappa shape index (κ1) is 13.2. The van der Waals surface area contributed by atoms with Crippen molar-refractivity contribution >= 4 is 29.1 Å². The van der Waals surface area contributed by atoms with E-state index in [1.54, 1.807) is 6.20 Å². The molecule has 0 atom stereocenters. The number of aryl methyl sites for hydroxylation is 2. The van der Waals surface area contributed by atoms with Gasteiger partial charge in [-0.25, -0.2) is 4.98 Å². The summed E-state index contributed by atoms with van der Waals surface area (Å²) in [6.07, 6.45) is 2.72. The molecule has 96 valence electrons. The van der Waals surface area contributed by atoms with Gasteiger partial charge in [-0.1, -0.05) is 18.5 Å². The molecule has 18 heavy (non-hydrogen) atoms. The van der Waals surface area contributed by atoms with Crippen LogP contribution in [0.4, 0.5) is 5.69 Å². The number of nitrogen functional groups attached to an aromatic ring is 1. The summed E-state index contributed by atoms with van der Waals surface area (Å²) in [7, 11) is 0. The zero-order chi connectivity index (χ0) is 13.1. The van der Waals surface area contributed by atoms with E-state index in [4.69, 9.17) is 17.3 Å². The van der Waals surface area contributed by atoms with Crippen molar-refractivity contribution in [2.24, 2.45) is 0 Å². The van der Waals surface area contributed by atoms with Crippen molar-refractivity contribution in [3.05, 3.63) is 29.0 Å². The molecule has 2 heterocycles. The third-order valence-corrected chi connectivity index (χ3v) is 4.04. The summed E-state index contributed by atoms with van der Waals surface area (Å²) in [5, 5.41) is 6.72. The van der Waals surface area contributed by atoms with Gasteiger partial charge >= 0.3 is 0 Å². The highest BCUT2D eigenvalue weighted by Gasteiger charge is 2.15. The number of nitrogens with two attached hydrogens (primary N) is 1. The number of aromatic nitrogens is 3. The minimum Gasteiger partial charge on any atom is -0.395 e. The van der Waals surface area contributed by atoms with E-state index in [0.29, 0.717) is 10.7 Å². The number of nitrogens with zero attached hydrogens (tertiary/aromatic N) is 3. The molecule has 0 bridgehead atoms. The Kier molecular flexibility index (Phi) is 4.14. The first-order valence-corrected chi connectivity index (χ1v) is 6.94. The number of rotatable bonds is 4. The summed E-state index contributed by atoms with van der Waals surface area (Å²) in [5.41, 5.74) is 7.61. The lowest BCUT2D eigenvalue weighted by Gasteiger charge is -2.06. The third-order valence-electron chi connectivity index (χ3n) is 2.48. The Morgan fingerprint density at radius 3 is 2.94 bits per heavy atom. The van der Waals surface area contributed by atoms with Crippen LogP contribution in [-0.4, -0.2) is 14.8 Å². The minimum absolute atomic E-state index is 0.629. The molecule has 0 aliphatic heterocycles. The molecule has 0 unspecified atom stereocenters. The molecular weight excluding hydrogens is 268 g/mol. The number of hydrogen-bond acceptors (Lipinski definition) is 4. The van der Waals surface area contributed by atoms with E-state index in [-0.39, 0.29) is 0 Å². The van der Waals surface area contributed by atoms with Crippen LogP contribution >= 0.6 is 23.4 Å². The smallest absolute Gasteiger partial charge is 0.124 e. The fourth-order valence-electron chi connectivity index (χ4n) is 1.58. The van der Waals surface area contributed by atoms with Gasteiger partial charge in [-0.3, -0.25) is 4.68 Å². The number of hydrogen-bond donors (Lipinski definition) is 1. The summed E-state index contributed by atoms with van der Waals surface area (Å²) in [4.78, 5) is 4.26. The maximum Gasteiger partial charge on any atom is 0.124 e. The van der Waals surface area contributed by atoms with Crippen LogP contribution in [0.2, 0.25) is 5.02 Å². The van der Waals surface area contributed by atoms with Gasteiger partial charge in [0, 0.05) is 12.7 Å². The van der Waals surface area contributed by atoms with Crippen molar-refractivity contribution in [3.8, 4) is 0 Å². The largest absolute Gasteiger partial charge is 0.395 e. The van der Waals surface area contributed by atoms with Crippen molar-refractivity contribution in [1.29, 1.82) is 0 Å². The highest BCUT2D eigenvalue weighted by Crippen LogP contribution is 2.35. The standard InChI is InChI=1S/C12H15ClN4S/c1-3-7-17-12(10(14)8(2)16-17)18-11-9(13)5-4-6-15-11/h4-6H,3,7,14H2,1-2H3. The van der Waals surface area contributed by atoms with Crippen LogP contribution < -0.4 is 5.73 Å². The second-order valence-electron chi connectivity index (χ2n) is 3.92. The van der Waals surface area contributed by atoms with Crippen molar-refractivity contribution in [2.75, 3.05) is 5.73 Å². The monoisotopic (exact) mass is 282 g/mol. The minimum atomic E-state index is 0.629. The lowest BCUT2D eigenvalue weighted by atomic mass is 10.4. The number of halogens is 1. The SMILES string of the molecule is CCCn1nc(C)c(N)c1Sc1ncccc1Cl. The fraction of sp³-hybridized carbons (Fsp3) is 0.333. The van der Waals surface area contributed by atoms with Gasteiger partial charge in [0.1, 0.15) is 10.1 Å². The maximum atomic E-state index is 6.11. The molecule has 4 nitrogen and oxygen atoms in total. The Morgan fingerprint density at radius 2 is 2.28 bits per heavy atom. The predicted octanol–water partition coefficient (Wildman–Crippen LogP) is 3.38. The maximum absolute atomic E-state index is 6.11. The molecule has 0 aliphatic rings. The number of pyridine rings is 1. The van der Waals surface area contributed by atoms with Crippen molar-refractivity contribution in [2.45, 2.75) is 36.9 Å². The zero-order valence-electron chi connectivity index (χ0n) is 10.4. The molecule has 0 saturated carbocycles. The van der Waals surface area contributed by atoms with Crippen LogP contribution in [0.3, 0.4) is 0 Å². The van der Waals surface area contributed by atoms with Crippen LogP contribution in [0.5, 0.6) is 0 Å². The molecule has 0 amide bonds.